The first kappa shape index (κ1) is 22.1. The minimum Gasteiger partial charge on any atom is -0.322 e. The van der Waals surface area contributed by atoms with Crippen molar-refractivity contribution in [3.8, 4) is 0 Å². The van der Waals surface area contributed by atoms with Crippen molar-refractivity contribution < 1.29 is 13.2 Å². The van der Waals surface area contributed by atoms with Crippen molar-refractivity contribution in [1.82, 2.24) is 0 Å². The molecule has 32 heavy (non-hydrogen) atoms. The molecule has 1 N–H and O–H groups in total. The van der Waals surface area contributed by atoms with Gasteiger partial charge in [-0.15, -0.1) is 6.58 Å². The van der Waals surface area contributed by atoms with Crippen LogP contribution in [0.3, 0.4) is 0 Å². The summed E-state index contributed by atoms with van der Waals surface area (Å²) >= 11 is 6.27. The molecule has 7 heteroatoms. The van der Waals surface area contributed by atoms with Gasteiger partial charge >= 0.3 is 0 Å². The molecule has 0 fully saturated rings. The van der Waals surface area contributed by atoms with E-state index in [-0.39, 0.29) is 22.0 Å². The van der Waals surface area contributed by atoms with Crippen LogP contribution in [0.1, 0.15) is 27.9 Å². The molecule has 3 aromatic carbocycles. The average molecular weight is 467 g/mol. The van der Waals surface area contributed by atoms with Crippen LogP contribution in [0, 0.1) is 0 Å². The van der Waals surface area contributed by atoms with Crippen molar-refractivity contribution in [3.05, 3.63) is 101 Å². The zero-order chi connectivity index (χ0) is 22.7. The molecule has 164 valence electrons. The van der Waals surface area contributed by atoms with Gasteiger partial charge in [0.15, 0.2) is 0 Å². The molecule has 0 aromatic heterocycles. The number of amides is 1. The second kappa shape index (κ2) is 9.18. The van der Waals surface area contributed by atoms with Crippen molar-refractivity contribution in [2.75, 3.05) is 16.2 Å². The van der Waals surface area contributed by atoms with Crippen LogP contribution < -0.4 is 9.62 Å². The Balaban J connectivity index is 1.65. The standard InChI is InChI=1S/C25H23ClN2O3S/c1-2-15-28(21-9-4-3-5-10-21)32(30,31)22-13-14-24(26)23(17-22)25(29)27-20-12-11-18-7-6-8-19(18)16-20/h2-5,9-14,16-17H,1,6-8,15H2,(H,27,29). The zero-order valence-corrected chi connectivity index (χ0v) is 19.0. The summed E-state index contributed by atoms with van der Waals surface area (Å²) in [5, 5.41) is 3.02. The Morgan fingerprint density at radius 3 is 2.53 bits per heavy atom. The highest BCUT2D eigenvalue weighted by Crippen LogP contribution is 2.28. The van der Waals surface area contributed by atoms with Crippen LogP contribution in [0.5, 0.6) is 0 Å². The van der Waals surface area contributed by atoms with E-state index in [0.717, 1.165) is 19.3 Å². The number of para-hydroxylation sites is 1. The second-order valence-electron chi connectivity index (χ2n) is 7.59. The van der Waals surface area contributed by atoms with E-state index in [1.54, 1.807) is 24.3 Å². The van der Waals surface area contributed by atoms with Crippen molar-refractivity contribution in [3.63, 3.8) is 0 Å². The quantitative estimate of drug-likeness (QED) is 0.470. The number of fused-ring (bicyclic) bond motifs is 1. The minimum atomic E-state index is -3.95. The average Bonchev–Trinajstić information content (AvgIpc) is 3.26. The first-order chi connectivity index (χ1) is 15.4. The number of nitrogens with zero attached hydrogens (tertiary/aromatic N) is 1. The maximum atomic E-state index is 13.4. The fourth-order valence-electron chi connectivity index (χ4n) is 3.87. The highest BCUT2D eigenvalue weighted by Gasteiger charge is 2.26. The van der Waals surface area contributed by atoms with Gasteiger partial charge in [-0.25, -0.2) is 8.42 Å². The SMILES string of the molecule is C=CCN(c1ccccc1)S(=O)(=O)c1ccc(Cl)c(C(=O)Nc2ccc3c(c2)CCC3)c1. The fourth-order valence-corrected chi connectivity index (χ4v) is 5.53. The lowest BCUT2D eigenvalue weighted by atomic mass is 10.1. The Kier molecular flexibility index (Phi) is 6.35. The Hall–Kier alpha value is -3.09. The minimum absolute atomic E-state index is 0.0216. The van der Waals surface area contributed by atoms with Gasteiger partial charge in [0.05, 0.1) is 27.7 Å². The Morgan fingerprint density at radius 1 is 1.03 bits per heavy atom. The van der Waals surface area contributed by atoms with Crippen LogP contribution in [0.4, 0.5) is 11.4 Å². The first-order valence-corrected chi connectivity index (χ1v) is 12.1. The van der Waals surface area contributed by atoms with Crippen LogP contribution in [0.2, 0.25) is 5.02 Å². The molecule has 0 saturated heterocycles. The summed E-state index contributed by atoms with van der Waals surface area (Å²) < 4.78 is 28.0. The summed E-state index contributed by atoms with van der Waals surface area (Å²) in [5.41, 5.74) is 3.80. The lowest BCUT2D eigenvalue weighted by molar-refractivity contribution is 0.102. The van der Waals surface area contributed by atoms with Gasteiger partial charge < -0.3 is 5.32 Å². The normalized spacial score (nSPS) is 12.8. The molecule has 0 radical (unpaired) electrons. The molecular weight excluding hydrogens is 444 g/mol. The third-order valence-corrected chi connectivity index (χ3v) is 7.59. The number of aryl methyl sites for hydroxylation is 2. The third kappa shape index (κ3) is 4.42. The molecule has 3 aromatic rings. The van der Waals surface area contributed by atoms with Crippen molar-refractivity contribution >= 4 is 38.9 Å². The molecule has 0 spiro atoms. The van der Waals surface area contributed by atoms with Gasteiger partial charge in [-0.2, -0.15) is 0 Å². The fraction of sp³-hybridized carbons (Fsp3) is 0.160. The van der Waals surface area contributed by atoms with E-state index >= 15 is 0 Å². The van der Waals surface area contributed by atoms with Gasteiger partial charge in [-0.3, -0.25) is 9.10 Å². The lowest BCUT2D eigenvalue weighted by Gasteiger charge is -2.23. The molecule has 0 heterocycles. The number of benzene rings is 3. The monoisotopic (exact) mass is 466 g/mol. The van der Waals surface area contributed by atoms with E-state index in [1.807, 2.05) is 24.3 Å². The van der Waals surface area contributed by atoms with Gasteiger partial charge in [0, 0.05) is 5.69 Å². The topological polar surface area (TPSA) is 66.5 Å². The summed E-state index contributed by atoms with van der Waals surface area (Å²) in [7, 11) is -3.95. The number of carbonyl (C=O) groups excluding carboxylic acids is 1. The summed E-state index contributed by atoms with van der Waals surface area (Å²) in [6, 6.07) is 18.8. The van der Waals surface area contributed by atoms with Crippen molar-refractivity contribution in [2.24, 2.45) is 0 Å². The van der Waals surface area contributed by atoms with E-state index in [4.69, 9.17) is 11.6 Å². The van der Waals surface area contributed by atoms with E-state index in [2.05, 4.69) is 11.9 Å². The summed E-state index contributed by atoms with van der Waals surface area (Å²) in [6.45, 7) is 3.76. The summed E-state index contributed by atoms with van der Waals surface area (Å²) in [4.78, 5) is 12.9. The van der Waals surface area contributed by atoms with Gasteiger partial charge in [0.25, 0.3) is 15.9 Å². The largest absolute Gasteiger partial charge is 0.322 e. The number of sulfonamides is 1. The smallest absolute Gasteiger partial charge is 0.264 e. The van der Waals surface area contributed by atoms with Crippen molar-refractivity contribution in [1.29, 1.82) is 0 Å². The molecule has 1 aliphatic rings. The molecule has 0 atom stereocenters. The van der Waals surface area contributed by atoms with Gasteiger partial charge in [0.1, 0.15) is 0 Å². The molecule has 0 bridgehead atoms. The molecule has 0 unspecified atom stereocenters. The molecule has 0 saturated carbocycles. The number of nitrogens with one attached hydrogen (secondary N) is 1. The summed E-state index contributed by atoms with van der Waals surface area (Å²) in [5.74, 6) is -0.458. The van der Waals surface area contributed by atoms with E-state index in [9.17, 15) is 13.2 Å². The van der Waals surface area contributed by atoms with Crippen molar-refractivity contribution in [2.45, 2.75) is 24.2 Å². The molecule has 4 rings (SSSR count). The first-order valence-electron chi connectivity index (χ1n) is 10.3. The van der Waals surface area contributed by atoms with Gasteiger partial charge in [-0.1, -0.05) is 41.9 Å². The van der Waals surface area contributed by atoms with Crippen LogP contribution in [-0.2, 0) is 22.9 Å². The van der Waals surface area contributed by atoms with E-state index in [0.29, 0.717) is 11.4 Å². The Morgan fingerprint density at radius 2 is 1.78 bits per heavy atom. The van der Waals surface area contributed by atoms with Crippen LogP contribution >= 0.6 is 11.6 Å². The third-order valence-electron chi connectivity index (χ3n) is 5.47. The van der Waals surface area contributed by atoms with Crippen LogP contribution in [0.15, 0.2) is 84.3 Å². The molecule has 1 aliphatic carbocycles. The second-order valence-corrected chi connectivity index (χ2v) is 9.86. The molecule has 5 nitrogen and oxygen atoms in total. The number of rotatable bonds is 7. The molecule has 0 aliphatic heterocycles. The predicted molar refractivity (Wildman–Crippen MR) is 129 cm³/mol. The van der Waals surface area contributed by atoms with E-state index in [1.165, 1.54) is 39.7 Å². The van der Waals surface area contributed by atoms with Crippen LogP contribution in [-0.4, -0.2) is 20.9 Å². The number of hydrogen-bond donors (Lipinski definition) is 1. The number of halogens is 1. The number of anilines is 2. The maximum Gasteiger partial charge on any atom is 0.264 e. The van der Waals surface area contributed by atoms with Gasteiger partial charge in [-0.05, 0) is 72.9 Å². The van der Waals surface area contributed by atoms with Crippen LogP contribution in [0.25, 0.3) is 0 Å². The Labute approximate surface area is 193 Å². The highest BCUT2D eigenvalue weighted by molar-refractivity contribution is 7.92. The Bertz CT molecular complexity index is 1270. The molecule has 1 amide bonds. The maximum absolute atomic E-state index is 13.4. The zero-order valence-electron chi connectivity index (χ0n) is 17.4. The van der Waals surface area contributed by atoms with Gasteiger partial charge in [0.2, 0.25) is 0 Å². The molecular formula is C25H23ClN2O3S. The number of hydrogen-bond acceptors (Lipinski definition) is 3. The summed E-state index contributed by atoms with van der Waals surface area (Å²) in [6.07, 6.45) is 4.67. The lowest BCUT2D eigenvalue weighted by Crippen LogP contribution is -2.31. The number of carbonyl (C=O) groups is 1. The van der Waals surface area contributed by atoms with E-state index < -0.39 is 15.9 Å². The highest BCUT2D eigenvalue weighted by atomic mass is 35.5. The predicted octanol–water partition coefficient (Wildman–Crippen LogP) is 5.46.